The highest BCUT2D eigenvalue weighted by Crippen LogP contribution is 2.29. The van der Waals surface area contributed by atoms with Gasteiger partial charge in [-0.1, -0.05) is 0 Å². The van der Waals surface area contributed by atoms with Gasteiger partial charge in [0.05, 0.1) is 12.0 Å². The lowest BCUT2D eigenvalue weighted by Crippen LogP contribution is -2.25. The van der Waals surface area contributed by atoms with Gasteiger partial charge in [0.25, 0.3) is 5.69 Å². The van der Waals surface area contributed by atoms with Crippen LogP contribution in [-0.2, 0) is 4.79 Å². The molecule has 0 radical (unpaired) electrons. The minimum absolute atomic E-state index is 0.115. The number of carboxylic acid groups (broad SMARTS) is 1. The van der Waals surface area contributed by atoms with E-state index in [2.05, 4.69) is 5.32 Å². The molecule has 0 fully saturated rings. The van der Waals surface area contributed by atoms with Gasteiger partial charge in [0.1, 0.15) is 17.5 Å². The first-order chi connectivity index (χ1) is 7.95. The molecular weight excluding hydrogens is 228 g/mol. The molecule has 7 heteroatoms. The van der Waals surface area contributed by atoms with Crippen LogP contribution in [0, 0.1) is 10.1 Å². The van der Waals surface area contributed by atoms with E-state index in [1.165, 1.54) is 32.2 Å². The fourth-order valence-electron chi connectivity index (χ4n) is 1.21. The second kappa shape index (κ2) is 5.15. The Morgan fingerprint density at radius 2 is 2.24 bits per heavy atom. The highest BCUT2D eigenvalue weighted by atomic mass is 16.6. The van der Waals surface area contributed by atoms with Crippen LogP contribution < -0.4 is 10.1 Å². The molecule has 0 aliphatic carbocycles. The number of nitro benzene ring substituents is 1. The number of ether oxygens (including phenoxy) is 1. The van der Waals surface area contributed by atoms with Crippen LogP contribution in [-0.4, -0.2) is 29.2 Å². The van der Waals surface area contributed by atoms with Crippen molar-refractivity contribution in [3.63, 3.8) is 0 Å². The average molecular weight is 240 g/mol. The summed E-state index contributed by atoms with van der Waals surface area (Å²) in [4.78, 5) is 20.8. The number of benzene rings is 1. The number of rotatable bonds is 5. The quantitative estimate of drug-likeness (QED) is 0.597. The summed E-state index contributed by atoms with van der Waals surface area (Å²) in [7, 11) is 1.42. The van der Waals surface area contributed by atoms with E-state index in [1.807, 2.05) is 0 Å². The highest BCUT2D eigenvalue weighted by molar-refractivity contribution is 5.78. The number of nitro groups is 1. The first kappa shape index (κ1) is 12.8. The Labute approximate surface area is 97.2 Å². The van der Waals surface area contributed by atoms with Crippen molar-refractivity contribution in [1.29, 1.82) is 0 Å². The summed E-state index contributed by atoms with van der Waals surface area (Å²) < 4.78 is 4.92. The molecule has 1 aromatic rings. The minimum Gasteiger partial charge on any atom is -0.497 e. The summed E-state index contributed by atoms with van der Waals surface area (Å²) in [6.07, 6.45) is 0. The van der Waals surface area contributed by atoms with E-state index < -0.39 is 16.9 Å². The normalized spacial score (nSPS) is 11.6. The average Bonchev–Trinajstić information content (AvgIpc) is 2.28. The zero-order chi connectivity index (χ0) is 13.0. The number of hydrogen-bond acceptors (Lipinski definition) is 5. The molecule has 92 valence electrons. The second-order valence-corrected chi connectivity index (χ2v) is 3.34. The van der Waals surface area contributed by atoms with Crippen LogP contribution in [0.5, 0.6) is 5.75 Å². The predicted octanol–water partition coefficient (Wildman–Crippen LogP) is 1.49. The van der Waals surface area contributed by atoms with Crippen LogP contribution in [0.2, 0.25) is 0 Å². The van der Waals surface area contributed by atoms with Crippen molar-refractivity contribution in [3.8, 4) is 5.75 Å². The summed E-state index contributed by atoms with van der Waals surface area (Å²) in [5.41, 5.74) is -0.0804. The summed E-state index contributed by atoms with van der Waals surface area (Å²) in [6.45, 7) is 1.39. The van der Waals surface area contributed by atoms with Gasteiger partial charge in [-0.3, -0.25) is 14.9 Å². The summed E-state index contributed by atoms with van der Waals surface area (Å²) in [6, 6.07) is 3.16. The third-order valence-corrected chi connectivity index (χ3v) is 2.14. The van der Waals surface area contributed by atoms with Crippen molar-refractivity contribution in [1.82, 2.24) is 0 Å². The number of carbonyl (C=O) groups is 1. The number of anilines is 1. The van der Waals surface area contributed by atoms with Crippen molar-refractivity contribution >= 4 is 17.3 Å². The van der Waals surface area contributed by atoms with Gasteiger partial charge in [0.2, 0.25) is 0 Å². The zero-order valence-corrected chi connectivity index (χ0v) is 9.34. The Bertz CT molecular complexity index is 446. The molecule has 0 amide bonds. The van der Waals surface area contributed by atoms with Crippen molar-refractivity contribution in [2.24, 2.45) is 0 Å². The lowest BCUT2D eigenvalue weighted by Gasteiger charge is -2.11. The van der Waals surface area contributed by atoms with E-state index in [1.54, 1.807) is 0 Å². The third-order valence-electron chi connectivity index (χ3n) is 2.14. The number of carboxylic acids is 1. The molecule has 0 saturated carbocycles. The van der Waals surface area contributed by atoms with E-state index >= 15 is 0 Å². The molecule has 17 heavy (non-hydrogen) atoms. The van der Waals surface area contributed by atoms with Crippen molar-refractivity contribution in [2.45, 2.75) is 13.0 Å². The molecule has 0 aliphatic heterocycles. The zero-order valence-electron chi connectivity index (χ0n) is 9.34. The van der Waals surface area contributed by atoms with E-state index in [0.29, 0.717) is 5.75 Å². The lowest BCUT2D eigenvalue weighted by molar-refractivity contribution is -0.384. The van der Waals surface area contributed by atoms with Crippen LogP contribution in [0.4, 0.5) is 11.4 Å². The van der Waals surface area contributed by atoms with Crippen molar-refractivity contribution in [3.05, 3.63) is 28.3 Å². The lowest BCUT2D eigenvalue weighted by atomic mass is 10.2. The Kier molecular flexibility index (Phi) is 3.86. The summed E-state index contributed by atoms with van der Waals surface area (Å²) in [5.74, 6) is -0.683. The monoisotopic (exact) mass is 240 g/mol. The summed E-state index contributed by atoms with van der Waals surface area (Å²) in [5, 5.41) is 22.0. The molecule has 0 spiro atoms. The smallest absolute Gasteiger partial charge is 0.325 e. The maximum atomic E-state index is 10.8. The maximum absolute atomic E-state index is 10.8. The van der Waals surface area contributed by atoms with Gasteiger partial charge in [-0.2, -0.15) is 0 Å². The van der Waals surface area contributed by atoms with Crippen LogP contribution in [0.15, 0.2) is 18.2 Å². The van der Waals surface area contributed by atoms with E-state index in [9.17, 15) is 14.9 Å². The highest BCUT2D eigenvalue weighted by Gasteiger charge is 2.19. The maximum Gasteiger partial charge on any atom is 0.325 e. The Morgan fingerprint density at radius 1 is 1.59 bits per heavy atom. The Morgan fingerprint density at radius 3 is 2.71 bits per heavy atom. The first-order valence-corrected chi connectivity index (χ1v) is 4.77. The minimum atomic E-state index is -1.10. The first-order valence-electron chi connectivity index (χ1n) is 4.77. The molecule has 0 heterocycles. The molecule has 7 nitrogen and oxygen atoms in total. The van der Waals surface area contributed by atoms with Crippen LogP contribution in [0.3, 0.4) is 0 Å². The fourth-order valence-corrected chi connectivity index (χ4v) is 1.21. The molecule has 1 unspecified atom stereocenters. The van der Waals surface area contributed by atoms with E-state index in [4.69, 9.17) is 9.84 Å². The fraction of sp³-hybridized carbons (Fsp3) is 0.300. The number of methoxy groups -OCH3 is 1. The number of hydrogen-bond donors (Lipinski definition) is 2. The Hall–Kier alpha value is -2.31. The Balaban J connectivity index is 3.09. The van der Waals surface area contributed by atoms with Gasteiger partial charge >= 0.3 is 5.97 Å². The number of nitrogens with one attached hydrogen (secondary N) is 1. The van der Waals surface area contributed by atoms with Crippen molar-refractivity contribution < 1.29 is 19.6 Å². The SMILES string of the molecule is COc1ccc([N+](=O)[O-])c(NC(C)C(=O)O)c1. The second-order valence-electron chi connectivity index (χ2n) is 3.34. The largest absolute Gasteiger partial charge is 0.497 e. The third kappa shape index (κ3) is 3.07. The number of aliphatic carboxylic acids is 1. The standard InChI is InChI=1S/C10H12N2O5/c1-6(10(13)14)11-8-5-7(17-2)3-4-9(8)12(15)16/h3-6,11H,1-2H3,(H,13,14). The van der Waals surface area contributed by atoms with Gasteiger partial charge in [0.15, 0.2) is 0 Å². The van der Waals surface area contributed by atoms with Gasteiger partial charge in [-0.25, -0.2) is 0 Å². The molecule has 0 bridgehead atoms. The molecule has 1 rings (SSSR count). The predicted molar refractivity (Wildman–Crippen MR) is 60.4 cm³/mol. The van der Waals surface area contributed by atoms with Gasteiger partial charge < -0.3 is 15.2 Å². The van der Waals surface area contributed by atoms with Crippen molar-refractivity contribution in [2.75, 3.05) is 12.4 Å². The topological polar surface area (TPSA) is 102 Å². The van der Waals surface area contributed by atoms with Crippen LogP contribution in [0.1, 0.15) is 6.92 Å². The van der Waals surface area contributed by atoms with E-state index in [-0.39, 0.29) is 11.4 Å². The molecular formula is C10H12N2O5. The van der Waals surface area contributed by atoms with Gasteiger partial charge in [-0.05, 0) is 13.0 Å². The number of nitrogens with zero attached hydrogens (tertiary/aromatic N) is 1. The molecule has 1 atom stereocenters. The van der Waals surface area contributed by atoms with Gasteiger partial charge in [-0.15, -0.1) is 0 Å². The van der Waals surface area contributed by atoms with Crippen LogP contribution >= 0.6 is 0 Å². The molecule has 0 aliphatic rings. The molecule has 2 N–H and O–H groups in total. The van der Waals surface area contributed by atoms with E-state index in [0.717, 1.165) is 0 Å². The summed E-state index contributed by atoms with van der Waals surface area (Å²) >= 11 is 0. The molecule has 0 saturated heterocycles. The van der Waals surface area contributed by atoms with Gasteiger partial charge in [0, 0.05) is 12.1 Å². The van der Waals surface area contributed by atoms with Crippen LogP contribution in [0.25, 0.3) is 0 Å². The molecule has 0 aromatic heterocycles. The molecule has 1 aromatic carbocycles.